The maximum atomic E-state index is 14.6. The molecule has 3 atom stereocenters. The van der Waals surface area contributed by atoms with Crippen LogP contribution < -0.4 is 14.8 Å². The van der Waals surface area contributed by atoms with Gasteiger partial charge in [-0.25, -0.2) is 17.6 Å². The summed E-state index contributed by atoms with van der Waals surface area (Å²) in [7, 11) is -0.906. The highest BCUT2D eigenvalue weighted by molar-refractivity contribution is 7.89. The molecule has 214 valence electrons. The van der Waals surface area contributed by atoms with Gasteiger partial charge in [-0.1, -0.05) is 37.3 Å². The molecule has 3 aromatic rings. The van der Waals surface area contributed by atoms with Gasteiger partial charge in [0.05, 0.1) is 20.3 Å². The van der Waals surface area contributed by atoms with Crippen molar-refractivity contribution in [3.8, 4) is 22.6 Å². The van der Waals surface area contributed by atoms with Crippen molar-refractivity contribution >= 4 is 21.7 Å². The van der Waals surface area contributed by atoms with Crippen LogP contribution in [0.5, 0.6) is 11.5 Å². The first kappa shape index (κ1) is 29.3. The smallest absolute Gasteiger partial charge is 0.321 e. The van der Waals surface area contributed by atoms with Crippen LogP contribution >= 0.6 is 0 Å². The van der Waals surface area contributed by atoms with Crippen molar-refractivity contribution in [3.05, 3.63) is 72.5 Å². The first-order valence-corrected chi connectivity index (χ1v) is 14.3. The number of ether oxygens (including phenoxy) is 2. The lowest BCUT2D eigenvalue weighted by atomic mass is 10.0. The molecule has 0 fully saturated rings. The summed E-state index contributed by atoms with van der Waals surface area (Å²) in [5.41, 5.74) is 1.30. The molecule has 0 radical (unpaired) electrons. The Hall–Kier alpha value is -3.67. The van der Waals surface area contributed by atoms with Crippen LogP contribution in [0, 0.1) is 11.7 Å². The van der Waals surface area contributed by atoms with Crippen molar-refractivity contribution in [1.82, 2.24) is 9.21 Å². The average Bonchev–Trinajstić information content (AvgIpc) is 2.94. The van der Waals surface area contributed by atoms with Crippen molar-refractivity contribution < 1.29 is 32.2 Å². The Bertz CT molecular complexity index is 1470. The Balaban J connectivity index is 1.68. The number of rotatable bonds is 7. The summed E-state index contributed by atoms with van der Waals surface area (Å²) >= 11 is 0. The quantitative estimate of drug-likeness (QED) is 0.434. The summed E-state index contributed by atoms with van der Waals surface area (Å²) in [5, 5.41) is 12.7. The summed E-state index contributed by atoms with van der Waals surface area (Å²) in [4.78, 5) is 14.4. The van der Waals surface area contributed by atoms with Crippen LogP contribution in [0.1, 0.15) is 13.8 Å². The number of hydrogen-bond donors (Lipinski definition) is 2. The van der Waals surface area contributed by atoms with Gasteiger partial charge in [-0.2, -0.15) is 4.31 Å². The van der Waals surface area contributed by atoms with E-state index in [9.17, 15) is 22.7 Å². The Kier molecular flexibility index (Phi) is 8.97. The van der Waals surface area contributed by atoms with E-state index in [1.807, 2.05) is 6.92 Å². The number of nitrogens with one attached hydrogen (secondary N) is 1. The number of carbonyl (C=O) groups excluding carboxylic acids is 1. The average molecular weight is 572 g/mol. The molecular formula is C29H34FN3O6S. The lowest BCUT2D eigenvalue weighted by Crippen LogP contribution is -2.50. The largest absolute Gasteiger partial charge is 0.497 e. The number of fused-ring (bicyclic) bond motifs is 1. The minimum atomic E-state index is -4.06. The second-order valence-electron chi connectivity index (χ2n) is 9.92. The van der Waals surface area contributed by atoms with E-state index in [0.29, 0.717) is 22.6 Å². The van der Waals surface area contributed by atoms with E-state index in [1.54, 1.807) is 56.4 Å². The second kappa shape index (κ2) is 12.2. The van der Waals surface area contributed by atoms with Gasteiger partial charge in [0, 0.05) is 42.9 Å². The number of amides is 2. The van der Waals surface area contributed by atoms with Crippen LogP contribution in [0.25, 0.3) is 11.1 Å². The van der Waals surface area contributed by atoms with Gasteiger partial charge in [0.1, 0.15) is 28.3 Å². The molecule has 40 heavy (non-hydrogen) atoms. The number of nitrogens with zero attached hydrogens (tertiary/aromatic N) is 2. The Labute approximate surface area is 234 Å². The van der Waals surface area contributed by atoms with Crippen LogP contribution in [-0.2, 0) is 10.0 Å². The first-order valence-electron chi connectivity index (χ1n) is 12.9. The molecule has 1 aliphatic heterocycles. The molecule has 9 nitrogen and oxygen atoms in total. The molecule has 3 aromatic carbocycles. The highest BCUT2D eigenvalue weighted by Crippen LogP contribution is 2.37. The maximum absolute atomic E-state index is 14.6. The van der Waals surface area contributed by atoms with E-state index in [4.69, 9.17) is 9.47 Å². The van der Waals surface area contributed by atoms with E-state index in [-0.39, 0.29) is 42.3 Å². The zero-order valence-electron chi connectivity index (χ0n) is 22.9. The number of hydrogen-bond acceptors (Lipinski definition) is 6. The molecular weight excluding hydrogens is 537 g/mol. The van der Waals surface area contributed by atoms with E-state index in [1.165, 1.54) is 40.6 Å². The number of likely N-dealkylation sites (N-methyl/N-ethyl adjacent to an activating group) is 1. The third-order valence-electron chi connectivity index (χ3n) is 6.97. The molecule has 4 rings (SSSR count). The number of benzene rings is 3. The normalized spacial score (nSPS) is 19.4. The van der Waals surface area contributed by atoms with Gasteiger partial charge in [-0.3, -0.25) is 0 Å². The number of aliphatic hydroxyl groups is 1. The van der Waals surface area contributed by atoms with Gasteiger partial charge in [0.15, 0.2) is 0 Å². The monoisotopic (exact) mass is 571 g/mol. The van der Waals surface area contributed by atoms with Gasteiger partial charge >= 0.3 is 6.03 Å². The zero-order chi connectivity index (χ0) is 29.0. The predicted molar refractivity (Wildman–Crippen MR) is 150 cm³/mol. The van der Waals surface area contributed by atoms with E-state index < -0.39 is 28.0 Å². The molecule has 0 spiro atoms. The summed E-state index contributed by atoms with van der Waals surface area (Å²) in [6.07, 6.45) is -0.625. The number of methoxy groups -OCH3 is 1. The van der Waals surface area contributed by atoms with Crippen molar-refractivity contribution in [1.29, 1.82) is 0 Å². The molecule has 0 bridgehead atoms. The SMILES string of the molecule is COc1cccc(NC(=O)N(C)C[C@H]2Oc3cc(-c4ccccc4F)ccc3S(=O)(=O)N([C@@H](C)CO)C[C@H]2C)c1. The van der Waals surface area contributed by atoms with Crippen molar-refractivity contribution in [2.75, 3.05) is 39.2 Å². The molecule has 0 aliphatic carbocycles. The number of aliphatic hydroxyl groups excluding tert-OH is 1. The van der Waals surface area contributed by atoms with Crippen LogP contribution in [0.15, 0.2) is 71.6 Å². The molecule has 1 aliphatic rings. The Morgan fingerprint density at radius 3 is 2.65 bits per heavy atom. The van der Waals surface area contributed by atoms with Crippen LogP contribution in [0.4, 0.5) is 14.9 Å². The molecule has 1 heterocycles. The van der Waals surface area contributed by atoms with Crippen LogP contribution in [-0.4, -0.2) is 74.8 Å². The zero-order valence-corrected chi connectivity index (χ0v) is 23.7. The number of urea groups is 1. The molecule has 0 saturated carbocycles. The number of sulfonamides is 1. The van der Waals surface area contributed by atoms with E-state index >= 15 is 0 Å². The highest BCUT2D eigenvalue weighted by atomic mass is 32.2. The third-order valence-corrected chi connectivity index (χ3v) is 8.99. The summed E-state index contributed by atoms with van der Waals surface area (Å²) in [6.45, 7) is 3.28. The topological polar surface area (TPSA) is 108 Å². The number of carbonyl (C=O) groups is 1. The van der Waals surface area contributed by atoms with Crippen LogP contribution in [0.2, 0.25) is 0 Å². The second-order valence-corrected chi connectivity index (χ2v) is 11.8. The third kappa shape index (κ3) is 6.22. The van der Waals surface area contributed by atoms with Crippen molar-refractivity contribution in [3.63, 3.8) is 0 Å². The van der Waals surface area contributed by atoms with Gasteiger partial charge in [-0.05, 0) is 42.8 Å². The fourth-order valence-electron chi connectivity index (χ4n) is 4.58. The first-order chi connectivity index (χ1) is 19.0. The summed E-state index contributed by atoms with van der Waals surface area (Å²) in [5.74, 6) is -0.181. The predicted octanol–water partition coefficient (Wildman–Crippen LogP) is 4.43. The van der Waals surface area contributed by atoms with Crippen molar-refractivity contribution in [2.24, 2.45) is 5.92 Å². The molecule has 0 saturated heterocycles. The van der Waals surface area contributed by atoms with E-state index in [0.717, 1.165) is 0 Å². The molecule has 11 heteroatoms. The van der Waals surface area contributed by atoms with Gasteiger partial charge < -0.3 is 24.8 Å². The lowest BCUT2D eigenvalue weighted by Gasteiger charge is -2.37. The Morgan fingerprint density at radius 2 is 1.95 bits per heavy atom. The fraction of sp³-hybridized carbons (Fsp3) is 0.345. The van der Waals surface area contributed by atoms with Crippen LogP contribution in [0.3, 0.4) is 0 Å². The standard InChI is InChI=1S/C29H34FN3O6S/c1-19-16-33(20(2)18-34)40(36,37)28-13-12-21(24-10-5-6-11-25(24)30)14-26(28)39-27(19)17-32(3)29(35)31-22-8-7-9-23(15-22)38-4/h5-15,19-20,27,34H,16-18H2,1-4H3,(H,31,35)/t19-,20+,27-/m1/s1. The lowest BCUT2D eigenvalue weighted by molar-refractivity contribution is 0.0830. The summed E-state index contributed by atoms with van der Waals surface area (Å²) in [6, 6.07) is 16.5. The van der Waals surface area contributed by atoms with Gasteiger partial charge in [0.25, 0.3) is 0 Å². The Morgan fingerprint density at radius 1 is 1.20 bits per heavy atom. The summed E-state index contributed by atoms with van der Waals surface area (Å²) < 4.78 is 54.8. The minimum absolute atomic E-state index is 0.0500. The minimum Gasteiger partial charge on any atom is -0.497 e. The molecule has 2 N–H and O–H groups in total. The highest BCUT2D eigenvalue weighted by Gasteiger charge is 2.38. The molecule has 2 amide bonds. The van der Waals surface area contributed by atoms with Gasteiger partial charge in [0.2, 0.25) is 10.0 Å². The van der Waals surface area contributed by atoms with E-state index in [2.05, 4.69) is 5.32 Å². The fourth-order valence-corrected chi connectivity index (χ4v) is 6.40. The van der Waals surface area contributed by atoms with Gasteiger partial charge in [-0.15, -0.1) is 0 Å². The van der Waals surface area contributed by atoms with Crippen molar-refractivity contribution in [2.45, 2.75) is 30.9 Å². The molecule has 0 aromatic heterocycles. The maximum Gasteiger partial charge on any atom is 0.321 e. The number of halogens is 1. The number of anilines is 1. The molecule has 0 unspecified atom stereocenters.